The Balaban J connectivity index is 1.83. The fourth-order valence-electron chi connectivity index (χ4n) is 3.19. The van der Waals surface area contributed by atoms with E-state index >= 15 is 0 Å². The lowest BCUT2D eigenvalue weighted by atomic mass is 9.94. The van der Waals surface area contributed by atoms with Crippen LogP contribution in [0.5, 0.6) is 0 Å². The molecule has 3 aromatic rings. The van der Waals surface area contributed by atoms with Gasteiger partial charge >= 0.3 is 0 Å². The smallest absolute Gasteiger partial charge is 0.200 e. The van der Waals surface area contributed by atoms with E-state index in [9.17, 15) is 19.1 Å². The lowest BCUT2D eigenvalue weighted by Crippen LogP contribution is -2.21. The molecule has 0 saturated carbocycles. The fourth-order valence-corrected chi connectivity index (χ4v) is 3.19. The SMILES string of the molecule is O=C(C(C(=O)c1cccc(CO)c1)=C1Nc2ccccc2N1)c1cccc(F)c1. The number of ketones is 2. The van der Waals surface area contributed by atoms with Gasteiger partial charge in [-0.05, 0) is 35.9 Å². The third kappa shape index (κ3) is 3.66. The monoisotopic (exact) mass is 388 g/mol. The number of aliphatic hydroxyl groups is 1. The number of nitrogens with one attached hydrogen (secondary N) is 2. The van der Waals surface area contributed by atoms with Gasteiger partial charge in [0, 0.05) is 11.1 Å². The number of Topliss-reactive ketones (excluding diaryl/α,β-unsaturated/α-hetero) is 2. The Morgan fingerprint density at radius 3 is 1.97 bits per heavy atom. The van der Waals surface area contributed by atoms with Crippen molar-refractivity contribution in [2.45, 2.75) is 6.61 Å². The number of para-hydroxylation sites is 2. The number of rotatable bonds is 5. The van der Waals surface area contributed by atoms with Crippen molar-refractivity contribution in [2.75, 3.05) is 10.6 Å². The van der Waals surface area contributed by atoms with Gasteiger partial charge in [-0.15, -0.1) is 0 Å². The zero-order valence-electron chi connectivity index (χ0n) is 15.3. The third-order valence-electron chi connectivity index (χ3n) is 4.61. The molecule has 3 N–H and O–H groups in total. The molecule has 0 fully saturated rings. The summed E-state index contributed by atoms with van der Waals surface area (Å²) < 4.78 is 13.7. The first kappa shape index (κ1) is 18.6. The summed E-state index contributed by atoms with van der Waals surface area (Å²) in [6.07, 6.45) is 0. The topological polar surface area (TPSA) is 78.4 Å². The van der Waals surface area contributed by atoms with E-state index in [0.717, 1.165) is 17.4 Å². The summed E-state index contributed by atoms with van der Waals surface area (Å²) in [6.45, 7) is -0.229. The van der Waals surface area contributed by atoms with Crippen molar-refractivity contribution in [1.82, 2.24) is 0 Å². The number of hydrogen-bond donors (Lipinski definition) is 3. The Morgan fingerprint density at radius 1 is 0.793 bits per heavy atom. The molecule has 1 heterocycles. The molecule has 0 aromatic heterocycles. The molecule has 0 amide bonds. The summed E-state index contributed by atoms with van der Waals surface area (Å²) in [6, 6.07) is 18.9. The number of aliphatic hydroxyl groups excluding tert-OH is 1. The molecule has 29 heavy (non-hydrogen) atoms. The van der Waals surface area contributed by atoms with Gasteiger partial charge in [-0.1, -0.05) is 42.5 Å². The highest BCUT2D eigenvalue weighted by molar-refractivity contribution is 6.32. The van der Waals surface area contributed by atoms with Crippen molar-refractivity contribution in [1.29, 1.82) is 0 Å². The summed E-state index contributed by atoms with van der Waals surface area (Å²) in [5.74, 6) is -1.46. The molecule has 5 nitrogen and oxygen atoms in total. The van der Waals surface area contributed by atoms with Crippen LogP contribution >= 0.6 is 0 Å². The van der Waals surface area contributed by atoms with E-state index in [4.69, 9.17) is 0 Å². The van der Waals surface area contributed by atoms with Crippen molar-refractivity contribution < 1.29 is 19.1 Å². The van der Waals surface area contributed by atoms with Crippen molar-refractivity contribution in [3.8, 4) is 0 Å². The van der Waals surface area contributed by atoms with Gasteiger partial charge in [-0.2, -0.15) is 0 Å². The van der Waals surface area contributed by atoms with E-state index in [2.05, 4.69) is 10.6 Å². The standard InChI is InChI=1S/C23H17FN2O3/c24-17-8-4-7-16(12-17)22(29)20(21(28)15-6-3-5-14(11-15)13-27)23-25-18-9-1-2-10-19(18)26-23/h1-12,25-27H,13H2. The Kier molecular flexibility index (Phi) is 4.93. The second-order valence-corrected chi connectivity index (χ2v) is 6.57. The maximum atomic E-state index is 13.7. The average molecular weight is 388 g/mol. The summed E-state index contributed by atoms with van der Waals surface area (Å²) in [7, 11) is 0. The Bertz CT molecular complexity index is 1130. The second-order valence-electron chi connectivity index (χ2n) is 6.57. The van der Waals surface area contributed by atoms with Gasteiger partial charge in [-0.25, -0.2) is 4.39 Å². The van der Waals surface area contributed by atoms with Gasteiger partial charge in [0.1, 0.15) is 17.2 Å². The number of fused-ring (bicyclic) bond motifs is 1. The quantitative estimate of drug-likeness (QED) is 0.265. The normalized spacial score (nSPS) is 12.0. The number of benzene rings is 3. The zero-order chi connectivity index (χ0) is 20.4. The molecule has 0 atom stereocenters. The van der Waals surface area contributed by atoms with Gasteiger partial charge < -0.3 is 15.7 Å². The largest absolute Gasteiger partial charge is 0.392 e. The molecule has 0 saturated heterocycles. The highest BCUT2D eigenvalue weighted by Gasteiger charge is 2.29. The predicted molar refractivity (Wildman–Crippen MR) is 108 cm³/mol. The number of hydrogen-bond acceptors (Lipinski definition) is 5. The van der Waals surface area contributed by atoms with Crippen molar-refractivity contribution in [3.05, 3.63) is 107 Å². The number of anilines is 2. The van der Waals surface area contributed by atoms with E-state index in [1.807, 2.05) is 24.3 Å². The minimum absolute atomic E-state index is 0.0683. The molecular formula is C23H17FN2O3. The van der Waals surface area contributed by atoms with Crippen LogP contribution in [0.1, 0.15) is 26.3 Å². The molecule has 4 rings (SSSR count). The molecule has 0 radical (unpaired) electrons. The molecule has 3 aromatic carbocycles. The molecule has 144 valence electrons. The molecule has 1 aliphatic rings. The van der Waals surface area contributed by atoms with Crippen molar-refractivity contribution in [2.24, 2.45) is 0 Å². The van der Waals surface area contributed by atoms with E-state index in [1.165, 1.54) is 24.3 Å². The van der Waals surface area contributed by atoms with Crippen LogP contribution in [0.15, 0.2) is 84.2 Å². The first-order valence-corrected chi connectivity index (χ1v) is 8.99. The molecule has 0 spiro atoms. The molecule has 0 aliphatic carbocycles. The summed E-state index contributed by atoms with van der Waals surface area (Å²) >= 11 is 0. The van der Waals surface area contributed by atoms with Crippen LogP contribution in [0.4, 0.5) is 15.8 Å². The van der Waals surface area contributed by atoms with Crippen molar-refractivity contribution in [3.63, 3.8) is 0 Å². The summed E-state index contributed by atoms with van der Waals surface area (Å²) in [5.41, 5.74) is 2.19. The number of carbonyl (C=O) groups excluding carboxylic acids is 2. The second kappa shape index (κ2) is 7.69. The molecule has 0 bridgehead atoms. The first-order chi connectivity index (χ1) is 14.1. The maximum absolute atomic E-state index is 13.7. The number of carbonyl (C=O) groups is 2. The van der Waals surface area contributed by atoms with E-state index in [-0.39, 0.29) is 29.1 Å². The minimum Gasteiger partial charge on any atom is -0.392 e. The third-order valence-corrected chi connectivity index (χ3v) is 4.61. The lowest BCUT2D eigenvalue weighted by molar-refractivity contribution is 0.0961. The van der Waals surface area contributed by atoms with E-state index < -0.39 is 17.4 Å². The first-order valence-electron chi connectivity index (χ1n) is 8.99. The Morgan fingerprint density at radius 2 is 1.38 bits per heavy atom. The van der Waals surface area contributed by atoms with Gasteiger partial charge in [-0.3, -0.25) is 9.59 Å². The summed E-state index contributed by atoms with van der Waals surface area (Å²) in [5, 5.41) is 15.5. The molecule has 0 unspecified atom stereocenters. The average Bonchev–Trinajstić information content (AvgIpc) is 3.17. The fraction of sp³-hybridized carbons (Fsp3) is 0.0435. The predicted octanol–water partition coefficient (Wildman–Crippen LogP) is 4.13. The van der Waals surface area contributed by atoms with Gasteiger partial charge in [0.2, 0.25) is 11.6 Å². The number of halogens is 1. The molecule has 6 heteroatoms. The van der Waals surface area contributed by atoms with Gasteiger partial charge in [0.05, 0.1) is 18.0 Å². The molecule has 1 aliphatic heterocycles. The van der Waals surface area contributed by atoms with Gasteiger partial charge in [0.25, 0.3) is 0 Å². The minimum atomic E-state index is -0.605. The van der Waals surface area contributed by atoms with Crippen LogP contribution in [0.3, 0.4) is 0 Å². The van der Waals surface area contributed by atoms with Crippen LogP contribution in [0.25, 0.3) is 0 Å². The van der Waals surface area contributed by atoms with Crippen molar-refractivity contribution >= 4 is 22.9 Å². The van der Waals surface area contributed by atoms with E-state index in [1.54, 1.807) is 18.2 Å². The lowest BCUT2D eigenvalue weighted by Gasteiger charge is -2.12. The van der Waals surface area contributed by atoms with Crippen LogP contribution in [-0.4, -0.2) is 16.7 Å². The number of allylic oxidation sites excluding steroid dienone is 1. The van der Waals surface area contributed by atoms with Crippen LogP contribution in [0.2, 0.25) is 0 Å². The van der Waals surface area contributed by atoms with Crippen LogP contribution < -0.4 is 10.6 Å². The Labute approximate surface area is 166 Å². The maximum Gasteiger partial charge on any atom is 0.200 e. The van der Waals surface area contributed by atoms with Crippen LogP contribution in [0, 0.1) is 5.82 Å². The van der Waals surface area contributed by atoms with Gasteiger partial charge in [0.15, 0.2) is 0 Å². The highest BCUT2D eigenvalue weighted by Crippen LogP contribution is 2.32. The Hall–Kier alpha value is -3.77. The van der Waals surface area contributed by atoms with Crippen LogP contribution in [-0.2, 0) is 6.61 Å². The highest BCUT2D eigenvalue weighted by atomic mass is 19.1. The van der Waals surface area contributed by atoms with E-state index in [0.29, 0.717) is 5.56 Å². The zero-order valence-corrected chi connectivity index (χ0v) is 15.3. The summed E-state index contributed by atoms with van der Waals surface area (Å²) in [4.78, 5) is 26.5. The molecular weight excluding hydrogens is 371 g/mol.